The first-order chi connectivity index (χ1) is 7.43. The first-order valence-electron chi connectivity index (χ1n) is 5.06. The molecule has 0 aromatic carbocycles. The highest BCUT2D eigenvalue weighted by Gasteiger charge is 2.11. The van der Waals surface area contributed by atoms with Crippen LogP contribution in [0.15, 0.2) is 24.5 Å². The highest BCUT2D eigenvalue weighted by Crippen LogP contribution is 2.17. The monoisotopic (exact) mass is 204 g/mol. The van der Waals surface area contributed by atoms with Gasteiger partial charge in [-0.3, -0.25) is 0 Å². The summed E-state index contributed by atoms with van der Waals surface area (Å²) in [6, 6.07) is 4.16. The lowest BCUT2D eigenvalue weighted by Gasteiger charge is -2.28. The molecule has 3 rings (SSSR count). The molecule has 0 bridgehead atoms. The van der Waals surface area contributed by atoms with Crippen LogP contribution in [0.25, 0.3) is 5.52 Å². The van der Waals surface area contributed by atoms with Gasteiger partial charge in [0.2, 0.25) is 0 Å². The maximum atomic E-state index is 5.32. The second-order valence-electron chi connectivity index (χ2n) is 3.59. The molecule has 3 heterocycles. The first-order valence-corrected chi connectivity index (χ1v) is 5.06. The third kappa shape index (κ3) is 1.55. The van der Waals surface area contributed by atoms with Gasteiger partial charge >= 0.3 is 0 Å². The fraction of sp³-hybridized carbons (Fsp3) is 0.400. The standard InChI is InChI=1S/C10H12N4O/c1-2-14-10(8-11-12-14)7-9(1)13-3-5-15-6-4-13/h1-2,7-8H,3-6H2. The predicted molar refractivity (Wildman–Crippen MR) is 56.0 cm³/mol. The van der Waals surface area contributed by atoms with Crippen LogP contribution in [-0.4, -0.2) is 41.1 Å². The van der Waals surface area contributed by atoms with Crippen LogP contribution in [-0.2, 0) is 4.74 Å². The molecule has 0 N–H and O–H groups in total. The largest absolute Gasteiger partial charge is 0.378 e. The van der Waals surface area contributed by atoms with Gasteiger partial charge in [0.1, 0.15) is 0 Å². The molecule has 15 heavy (non-hydrogen) atoms. The maximum Gasteiger partial charge on any atom is 0.0885 e. The van der Waals surface area contributed by atoms with E-state index in [1.165, 1.54) is 5.69 Å². The second kappa shape index (κ2) is 3.51. The Morgan fingerprint density at radius 2 is 2.13 bits per heavy atom. The lowest BCUT2D eigenvalue weighted by Crippen LogP contribution is -2.36. The molecular weight excluding hydrogens is 192 g/mol. The van der Waals surface area contributed by atoms with Crippen LogP contribution in [0, 0.1) is 0 Å². The van der Waals surface area contributed by atoms with Crippen LogP contribution < -0.4 is 4.90 Å². The Labute approximate surface area is 87.3 Å². The summed E-state index contributed by atoms with van der Waals surface area (Å²) >= 11 is 0. The molecule has 0 spiro atoms. The van der Waals surface area contributed by atoms with Gasteiger partial charge in [-0.2, -0.15) is 0 Å². The van der Waals surface area contributed by atoms with Gasteiger partial charge in [0.15, 0.2) is 0 Å². The van der Waals surface area contributed by atoms with Gasteiger partial charge in [0.25, 0.3) is 0 Å². The van der Waals surface area contributed by atoms with E-state index in [1.54, 1.807) is 10.7 Å². The summed E-state index contributed by atoms with van der Waals surface area (Å²) in [5.41, 5.74) is 2.24. The summed E-state index contributed by atoms with van der Waals surface area (Å²) in [6.07, 6.45) is 3.71. The van der Waals surface area contributed by atoms with Crippen molar-refractivity contribution in [2.45, 2.75) is 0 Å². The van der Waals surface area contributed by atoms with E-state index in [-0.39, 0.29) is 0 Å². The molecule has 2 aromatic heterocycles. The summed E-state index contributed by atoms with van der Waals surface area (Å²) in [5.74, 6) is 0. The molecule has 5 nitrogen and oxygen atoms in total. The topological polar surface area (TPSA) is 42.7 Å². The summed E-state index contributed by atoms with van der Waals surface area (Å²) in [4.78, 5) is 2.32. The minimum absolute atomic E-state index is 0.808. The number of nitrogens with zero attached hydrogens (tertiary/aromatic N) is 4. The van der Waals surface area contributed by atoms with Crippen LogP contribution in [0.3, 0.4) is 0 Å². The number of rotatable bonds is 1. The van der Waals surface area contributed by atoms with Crippen LogP contribution in [0.2, 0.25) is 0 Å². The van der Waals surface area contributed by atoms with Gasteiger partial charge in [-0.05, 0) is 12.1 Å². The summed E-state index contributed by atoms with van der Waals surface area (Å²) in [5, 5.41) is 7.79. The smallest absolute Gasteiger partial charge is 0.0885 e. The van der Waals surface area contributed by atoms with Crippen molar-refractivity contribution >= 4 is 11.2 Å². The Morgan fingerprint density at radius 1 is 1.27 bits per heavy atom. The second-order valence-corrected chi connectivity index (χ2v) is 3.59. The van der Waals surface area contributed by atoms with E-state index in [2.05, 4.69) is 27.3 Å². The average Bonchev–Trinajstić information content (AvgIpc) is 2.77. The van der Waals surface area contributed by atoms with Crippen molar-refractivity contribution in [3.8, 4) is 0 Å². The molecule has 0 saturated carbocycles. The fourth-order valence-electron chi connectivity index (χ4n) is 1.84. The zero-order valence-electron chi connectivity index (χ0n) is 8.33. The van der Waals surface area contributed by atoms with E-state index < -0.39 is 0 Å². The molecule has 1 aliphatic heterocycles. The average molecular weight is 204 g/mol. The van der Waals surface area contributed by atoms with Crippen LogP contribution in [0.4, 0.5) is 5.69 Å². The van der Waals surface area contributed by atoms with Gasteiger partial charge in [-0.1, -0.05) is 5.21 Å². The zero-order valence-corrected chi connectivity index (χ0v) is 8.33. The number of aromatic nitrogens is 3. The van der Waals surface area contributed by atoms with Crippen molar-refractivity contribution in [2.24, 2.45) is 0 Å². The van der Waals surface area contributed by atoms with E-state index in [1.807, 2.05) is 6.20 Å². The Bertz CT molecular complexity index is 461. The van der Waals surface area contributed by atoms with Crippen molar-refractivity contribution < 1.29 is 4.74 Å². The van der Waals surface area contributed by atoms with E-state index in [0.717, 1.165) is 31.8 Å². The third-order valence-electron chi connectivity index (χ3n) is 2.66. The Hall–Kier alpha value is -1.62. The molecule has 2 aromatic rings. The molecule has 1 fully saturated rings. The number of morpholine rings is 1. The Morgan fingerprint density at radius 3 is 3.00 bits per heavy atom. The summed E-state index contributed by atoms with van der Waals surface area (Å²) < 4.78 is 7.09. The van der Waals surface area contributed by atoms with Crippen LogP contribution >= 0.6 is 0 Å². The van der Waals surface area contributed by atoms with Gasteiger partial charge in [0, 0.05) is 25.0 Å². The number of hydrogen-bond acceptors (Lipinski definition) is 4. The molecule has 1 saturated heterocycles. The molecule has 0 radical (unpaired) electrons. The van der Waals surface area contributed by atoms with Gasteiger partial charge in [-0.15, -0.1) is 5.10 Å². The van der Waals surface area contributed by atoms with Crippen molar-refractivity contribution in [3.05, 3.63) is 24.5 Å². The van der Waals surface area contributed by atoms with E-state index in [9.17, 15) is 0 Å². The SMILES string of the molecule is c1cn2nncc2cc1N1CCOCC1. The first kappa shape index (κ1) is 8.67. The lowest BCUT2D eigenvalue weighted by atomic mass is 10.3. The van der Waals surface area contributed by atoms with Gasteiger partial charge in [0.05, 0.1) is 24.9 Å². The molecular formula is C10H12N4O. The molecule has 0 aliphatic carbocycles. The molecule has 5 heteroatoms. The van der Waals surface area contributed by atoms with Crippen molar-refractivity contribution in [1.29, 1.82) is 0 Å². The molecule has 1 aliphatic rings. The fourth-order valence-corrected chi connectivity index (χ4v) is 1.84. The van der Waals surface area contributed by atoms with E-state index in [0.29, 0.717) is 0 Å². The number of fused-ring (bicyclic) bond motifs is 1. The highest BCUT2D eigenvalue weighted by molar-refractivity contribution is 5.58. The molecule has 0 atom stereocenters. The quantitative estimate of drug-likeness (QED) is 0.681. The predicted octanol–water partition coefficient (Wildman–Crippen LogP) is 0.566. The maximum absolute atomic E-state index is 5.32. The third-order valence-corrected chi connectivity index (χ3v) is 2.66. The lowest BCUT2D eigenvalue weighted by molar-refractivity contribution is 0.122. The van der Waals surface area contributed by atoms with Crippen molar-refractivity contribution in [2.75, 3.05) is 31.2 Å². The molecule has 0 unspecified atom stereocenters. The van der Waals surface area contributed by atoms with Gasteiger partial charge in [-0.25, -0.2) is 4.52 Å². The Kier molecular flexibility index (Phi) is 2.03. The summed E-state index contributed by atoms with van der Waals surface area (Å²) in [6.45, 7) is 3.53. The number of ether oxygens (including phenoxy) is 1. The Balaban J connectivity index is 1.95. The number of anilines is 1. The molecule has 0 amide bonds. The normalized spacial score (nSPS) is 17.2. The van der Waals surface area contributed by atoms with Crippen molar-refractivity contribution in [1.82, 2.24) is 14.8 Å². The van der Waals surface area contributed by atoms with Crippen LogP contribution in [0.5, 0.6) is 0 Å². The number of pyridine rings is 1. The van der Waals surface area contributed by atoms with Gasteiger partial charge < -0.3 is 9.64 Å². The minimum atomic E-state index is 0.808. The van der Waals surface area contributed by atoms with Crippen LogP contribution in [0.1, 0.15) is 0 Å². The van der Waals surface area contributed by atoms with E-state index in [4.69, 9.17) is 4.74 Å². The summed E-state index contributed by atoms with van der Waals surface area (Å²) in [7, 11) is 0. The minimum Gasteiger partial charge on any atom is -0.378 e. The highest BCUT2D eigenvalue weighted by atomic mass is 16.5. The van der Waals surface area contributed by atoms with Crippen molar-refractivity contribution in [3.63, 3.8) is 0 Å². The van der Waals surface area contributed by atoms with E-state index >= 15 is 0 Å². The molecule has 78 valence electrons. The number of hydrogen-bond donors (Lipinski definition) is 0. The zero-order chi connectivity index (χ0) is 10.1.